The zero-order chi connectivity index (χ0) is 27.3. The number of benzene rings is 3. The number of para-hydroxylation sites is 1. The third-order valence-electron chi connectivity index (χ3n) is 5.89. The van der Waals surface area contributed by atoms with E-state index >= 15 is 0 Å². The van der Waals surface area contributed by atoms with Gasteiger partial charge in [-0.2, -0.15) is 4.31 Å². The Morgan fingerprint density at radius 1 is 0.895 bits per heavy atom. The van der Waals surface area contributed by atoms with E-state index in [2.05, 4.69) is 5.32 Å². The molecule has 1 aliphatic heterocycles. The van der Waals surface area contributed by atoms with E-state index in [1.807, 2.05) is 18.2 Å². The lowest BCUT2D eigenvalue weighted by molar-refractivity contribution is -0.116. The van der Waals surface area contributed by atoms with Crippen LogP contribution >= 0.6 is 0 Å². The van der Waals surface area contributed by atoms with Crippen molar-refractivity contribution < 1.29 is 31.1 Å². The maximum atomic E-state index is 13.0. The lowest BCUT2D eigenvalue weighted by atomic mass is 10.2. The summed E-state index contributed by atoms with van der Waals surface area (Å²) in [5.41, 5.74) is 0.630. The molecule has 1 N–H and O–H groups in total. The van der Waals surface area contributed by atoms with E-state index in [1.165, 1.54) is 35.5 Å². The predicted molar refractivity (Wildman–Crippen MR) is 144 cm³/mol. The average Bonchev–Trinajstić information content (AvgIpc) is 2.90. The second-order valence-electron chi connectivity index (χ2n) is 8.67. The van der Waals surface area contributed by atoms with Crippen LogP contribution in [0.1, 0.15) is 6.92 Å². The van der Waals surface area contributed by atoms with Crippen LogP contribution in [-0.4, -0.2) is 65.6 Å². The highest BCUT2D eigenvalue weighted by Crippen LogP contribution is 2.27. The van der Waals surface area contributed by atoms with Crippen molar-refractivity contribution in [3.63, 3.8) is 0 Å². The molecule has 0 saturated carbocycles. The van der Waals surface area contributed by atoms with Gasteiger partial charge in [-0.3, -0.25) is 9.10 Å². The number of carbonyl (C=O) groups excluding carboxylic acids is 1. The Morgan fingerprint density at radius 3 is 2.05 bits per heavy atom. The van der Waals surface area contributed by atoms with Crippen LogP contribution in [0, 0.1) is 0 Å². The van der Waals surface area contributed by atoms with E-state index in [0.29, 0.717) is 36.1 Å². The second-order valence-corrected chi connectivity index (χ2v) is 12.5. The topological polar surface area (TPSA) is 122 Å². The van der Waals surface area contributed by atoms with Crippen molar-refractivity contribution in [1.29, 1.82) is 0 Å². The molecule has 3 aromatic carbocycles. The molecule has 0 aliphatic carbocycles. The molecule has 1 amide bonds. The third-order valence-corrected chi connectivity index (χ3v) is 9.04. The molecule has 0 aromatic heterocycles. The fourth-order valence-corrected chi connectivity index (χ4v) is 6.57. The van der Waals surface area contributed by atoms with Gasteiger partial charge in [0.05, 0.1) is 30.1 Å². The summed E-state index contributed by atoms with van der Waals surface area (Å²) in [5, 5.41) is 2.67. The quantitative estimate of drug-likeness (QED) is 0.427. The summed E-state index contributed by atoms with van der Waals surface area (Å²) in [6, 6.07) is 20.2. The smallest absolute Gasteiger partial charge is 0.247 e. The highest BCUT2D eigenvalue weighted by molar-refractivity contribution is 7.92. The molecule has 1 atom stereocenters. The fourth-order valence-electron chi connectivity index (χ4n) is 3.99. The number of nitrogens with one attached hydrogen (secondary N) is 1. The molecule has 12 heteroatoms. The van der Waals surface area contributed by atoms with Gasteiger partial charge in [0, 0.05) is 18.8 Å². The number of rotatable bonds is 9. The van der Waals surface area contributed by atoms with Gasteiger partial charge >= 0.3 is 0 Å². The molecule has 0 bridgehead atoms. The van der Waals surface area contributed by atoms with Crippen LogP contribution < -0.4 is 14.4 Å². The van der Waals surface area contributed by atoms with Crippen LogP contribution in [0.5, 0.6) is 11.5 Å². The van der Waals surface area contributed by atoms with Crippen LogP contribution in [0.15, 0.2) is 83.8 Å². The van der Waals surface area contributed by atoms with Crippen molar-refractivity contribution in [2.24, 2.45) is 0 Å². The standard InChI is InChI=1S/C26H29N3O7S2/c1-20(26(30)27-21-8-14-25(15-9-21)38(33,34)28-16-18-35-19-17-28)29(37(2,31)32)22-10-12-24(13-11-22)36-23-6-4-3-5-7-23/h3-15,20H,16-19H2,1-2H3,(H,27,30)/t20-/m1/s1. The summed E-state index contributed by atoms with van der Waals surface area (Å²) >= 11 is 0. The molecule has 10 nitrogen and oxygen atoms in total. The fraction of sp³-hybridized carbons (Fsp3) is 0.269. The summed E-state index contributed by atoms with van der Waals surface area (Å²) in [6.07, 6.45) is 1.02. The van der Waals surface area contributed by atoms with Crippen LogP contribution in [0.4, 0.5) is 11.4 Å². The molecular weight excluding hydrogens is 530 g/mol. The predicted octanol–water partition coefficient (Wildman–Crippen LogP) is 3.29. The first-order valence-electron chi connectivity index (χ1n) is 11.9. The van der Waals surface area contributed by atoms with E-state index in [4.69, 9.17) is 9.47 Å². The molecule has 1 fully saturated rings. The van der Waals surface area contributed by atoms with Gasteiger partial charge in [-0.1, -0.05) is 18.2 Å². The SMILES string of the molecule is C[C@H](C(=O)Nc1ccc(S(=O)(=O)N2CCOCC2)cc1)N(c1ccc(Oc2ccccc2)cc1)S(C)(=O)=O. The van der Waals surface area contributed by atoms with Crippen LogP contribution in [-0.2, 0) is 29.6 Å². The lowest BCUT2D eigenvalue weighted by Gasteiger charge is -2.28. The first-order chi connectivity index (χ1) is 18.1. The second kappa shape index (κ2) is 11.5. The van der Waals surface area contributed by atoms with Gasteiger partial charge in [0.1, 0.15) is 17.5 Å². The number of morpholine rings is 1. The normalized spacial score (nSPS) is 15.4. The number of anilines is 2. The van der Waals surface area contributed by atoms with Crippen molar-refractivity contribution in [1.82, 2.24) is 4.31 Å². The lowest BCUT2D eigenvalue weighted by Crippen LogP contribution is -2.45. The van der Waals surface area contributed by atoms with Crippen LogP contribution in [0.25, 0.3) is 0 Å². The molecule has 3 aromatic rings. The molecule has 38 heavy (non-hydrogen) atoms. The van der Waals surface area contributed by atoms with Gasteiger partial charge in [-0.25, -0.2) is 16.8 Å². The van der Waals surface area contributed by atoms with E-state index < -0.39 is 32.0 Å². The minimum Gasteiger partial charge on any atom is -0.457 e. The van der Waals surface area contributed by atoms with Gasteiger partial charge in [0.15, 0.2) is 0 Å². The first kappa shape index (κ1) is 27.6. The van der Waals surface area contributed by atoms with Gasteiger partial charge < -0.3 is 14.8 Å². The number of hydrogen-bond acceptors (Lipinski definition) is 7. The largest absolute Gasteiger partial charge is 0.457 e. The minimum atomic E-state index is -3.83. The zero-order valence-corrected chi connectivity index (χ0v) is 22.6. The summed E-state index contributed by atoms with van der Waals surface area (Å²) in [6.45, 7) is 2.70. The summed E-state index contributed by atoms with van der Waals surface area (Å²) in [4.78, 5) is 13.1. The van der Waals surface area contributed by atoms with Crippen molar-refractivity contribution in [2.75, 3.05) is 42.2 Å². The molecule has 202 valence electrons. The van der Waals surface area contributed by atoms with Gasteiger partial charge in [-0.05, 0) is 67.6 Å². The Hall–Kier alpha value is -3.45. The number of sulfonamides is 2. The molecule has 4 rings (SSSR count). The molecule has 0 unspecified atom stereocenters. The van der Waals surface area contributed by atoms with Crippen LogP contribution in [0.3, 0.4) is 0 Å². The zero-order valence-electron chi connectivity index (χ0n) is 21.0. The van der Waals surface area contributed by atoms with Crippen molar-refractivity contribution in [3.8, 4) is 11.5 Å². The Labute approximate surface area is 222 Å². The van der Waals surface area contributed by atoms with E-state index in [9.17, 15) is 21.6 Å². The summed E-state index contributed by atoms with van der Waals surface area (Å²) in [5.74, 6) is 0.568. The van der Waals surface area contributed by atoms with E-state index in [1.54, 1.807) is 36.4 Å². The number of hydrogen-bond donors (Lipinski definition) is 1. The summed E-state index contributed by atoms with van der Waals surface area (Å²) in [7, 11) is -7.50. The van der Waals surface area contributed by atoms with E-state index in [0.717, 1.165) is 10.6 Å². The highest BCUT2D eigenvalue weighted by Gasteiger charge is 2.30. The van der Waals surface area contributed by atoms with Crippen molar-refractivity contribution in [2.45, 2.75) is 17.9 Å². The molecule has 1 saturated heterocycles. The van der Waals surface area contributed by atoms with Gasteiger partial charge in [-0.15, -0.1) is 0 Å². The molecule has 0 spiro atoms. The monoisotopic (exact) mass is 559 g/mol. The van der Waals surface area contributed by atoms with Crippen molar-refractivity contribution >= 4 is 37.3 Å². The van der Waals surface area contributed by atoms with Crippen LogP contribution in [0.2, 0.25) is 0 Å². The van der Waals surface area contributed by atoms with Gasteiger partial charge in [0.25, 0.3) is 0 Å². The molecule has 1 heterocycles. The number of ether oxygens (including phenoxy) is 2. The van der Waals surface area contributed by atoms with Gasteiger partial charge in [0.2, 0.25) is 26.0 Å². The number of amides is 1. The Morgan fingerprint density at radius 2 is 1.47 bits per heavy atom. The molecule has 1 aliphatic rings. The maximum absolute atomic E-state index is 13.0. The molecular formula is C26H29N3O7S2. The average molecular weight is 560 g/mol. The van der Waals surface area contributed by atoms with Crippen molar-refractivity contribution in [3.05, 3.63) is 78.9 Å². The number of carbonyl (C=O) groups is 1. The minimum absolute atomic E-state index is 0.0982. The first-order valence-corrected chi connectivity index (χ1v) is 15.2. The Bertz CT molecular complexity index is 1460. The Kier molecular flexibility index (Phi) is 8.36. The molecule has 0 radical (unpaired) electrons. The van der Waals surface area contributed by atoms with E-state index in [-0.39, 0.29) is 18.0 Å². The number of nitrogens with zero attached hydrogens (tertiary/aromatic N) is 2. The third kappa shape index (κ3) is 6.51. The highest BCUT2D eigenvalue weighted by atomic mass is 32.2. The Balaban J connectivity index is 1.46. The maximum Gasteiger partial charge on any atom is 0.247 e. The summed E-state index contributed by atoms with van der Waals surface area (Å²) < 4.78 is 64.3.